The zero-order chi connectivity index (χ0) is 13.5. The molecule has 0 radical (unpaired) electrons. The average molecular weight is 275 g/mol. The lowest BCUT2D eigenvalue weighted by molar-refractivity contribution is -0.116. The molecule has 98 valence electrons. The number of nitrogens with zero attached hydrogens (tertiary/aromatic N) is 1. The molecule has 0 aliphatic heterocycles. The maximum Gasteiger partial charge on any atom is 0.252 e. The molecule has 2 aromatic heterocycles. The van der Waals surface area contributed by atoms with Crippen LogP contribution in [0.4, 0.5) is 5.69 Å². The summed E-state index contributed by atoms with van der Waals surface area (Å²) in [5.41, 5.74) is 1.27. The van der Waals surface area contributed by atoms with Crippen molar-refractivity contribution < 1.29 is 9.59 Å². The first kappa shape index (κ1) is 13.2. The average Bonchev–Trinajstić information content (AvgIpc) is 2.93. The smallest absolute Gasteiger partial charge is 0.252 e. The van der Waals surface area contributed by atoms with Gasteiger partial charge >= 0.3 is 0 Å². The predicted molar refractivity (Wildman–Crippen MR) is 74.1 cm³/mol. The Labute approximate surface area is 114 Å². The van der Waals surface area contributed by atoms with Crippen molar-refractivity contribution in [2.45, 2.75) is 6.42 Å². The molecule has 0 unspecified atom stereocenters. The Hall–Kier alpha value is -2.21. The van der Waals surface area contributed by atoms with Gasteiger partial charge < -0.3 is 10.6 Å². The number of rotatable bonds is 5. The van der Waals surface area contributed by atoms with Gasteiger partial charge in [-0.1, -0.05) is 0 Å². The molecule has 19 heavy (non-hydrogen) atoms. The summed E-state index contributed by atoms with van der Waals surface area (Å²) >= 11 is 1.46. The fraction of sp³-hybridized carbons (Fsp3) is 0.154. The molecule has 0 aliphatic rings. The van der Waals surface area contributed by atoms with Crippen molar-refractivity contribution >= 4 is 28.8 Å². The summed E-state index contributed by atoms with van der Waals surface area (Å²) in [6, 6.07) is 5.25. The minimum Gasteiger partial charge on any atom is -0.351 e. The van der Waals surface area contributed by atoms with Crippen LogP contribution in [-0.4, -0.2) is 23.3 Å². The Bertz CT molecular complexity index is 540. The first-order valence-electron chi connectivity index (χ1n) is 5.76. The van der Waals surface area contributed by atoms with Crippen LogP contribution < -0.4 is 10.6 Å². The van der Waals surface area contributed by atoms with Crippen molar-refractivity contribution in [2.75, 3.05) is 11.9 Å². The van der Waals surface area contributed by atoms with Crippen molar-refractivity contribution in [1.29, 1.82) is 0 Å². The third-order valence-corrected chi connectivity index (χ3v) is 3.05. The number of thiophene rings is 1. The number of amides is 2. The summed E-state index contributed by atoms with van der Waals surface area (Å²) in [5, 5.41) is 9.00. The molecule has 0 fully saturated rings. The molecule has 0 saturated heterocycles. The Morgan fingerprint density at radius 2 is 2.21 bits per heavy atom. The van der Waals surface area contributed by atoms with Crippen LogP contribution in [0, 0.1) is 0 Å². The largest absolute Gasteiger partial charge is 0.351 e. The molecule has 2 heterocycles. The van der Waals surface area contributed by atoms with Gasteiger partial charge in [0.15, 0.2) is 0 Å². The molecule has 0 saturated carbocycles. The fourth-order valence-corrected chi connectivity index (χ4v) is 2.08. The van der Waals surface area contributed by atoms with Gasteiger partial charge in [0.25, 0.3) is 5.91 Å². The van der Waals surface area contributed by atoms with Crippen LogP contribution in [0.25, 0.3) is 0 Å². The minimum absolute atomic E-state index is 0.154. The summed E-state index contributed by atoms with van der Waals surface area (Å²) in [6.45, 7) is 0.306. The second kappa shape index (κ2) is 6.65. The summed E-state index contributed by atoms with van der Waals surface area (Å²) in [5.74, 6) is -0.311. The van der Waals surface area contributed by atoms with Gasteiger partial charge in [-0.3, -0.25) is 14.6 Å². The standard InChI is InChI=1S/C13H13N3O2S/c17-12(16-11-2-1-5-14-8-11)3-6-15-13(18)10-4-7-19-9-10/h1-2,4-5,7-9H,3,6H2,(H,15,18)(H,16,17). The topological polar surface area (TPSA) is 71.1 Å². The quantitative estimate of drug-likeness (QED) is 0.875. The molecular weight excluding hydrogens is 262 g/mol. The maximum absolute atomic E-state index is 11.6. The van der Waals surface area contributed by atoms with Crippen LogP contribution in [0.1, 0.15) is 16.8 Å². The Balaban J connectivity index is 1.71. The highest BCUT2D eigenvalue weighted by Crippen LogP contribution is 2.05. The molecule has 2 N–H and O–H groups in total. The van der Waals surface area contributed by atoms with Gasteiger partial charge in [0.05, 0.1) is 11.9 Å². The predicted octanol–water partition coefficient (Wildman–Crippen LogP) is 1.90. The van der Waals surface area contributed by atoms with Gasteiger partial charge in [0.1, 0.15) is 0 Å². The zero-order valence-corrected chi connectivity index (χ0v) is 10.9. The molecule has 0 atom stereocenters. The van der Waals surface area contributed by atoms with E-state index in [2.05, 4.69) is 15.6 Å². The molecule has 0 aliphatic carbocycles. The molecule has 0 spiro atoms. The lowest BCUT2D eigenvalue weighted by atomic mass is 10.3. The van der Waals surface area contributed by atoms with Crippen LogP contribution in [0.3, 0.4) is 0 Å². The molecule has 0 aromatic carbocycles. The first-order chi connectivity index (χ1) is 9.25. The Morgan fingerprint density at radius 1 is 1.32 bits per heavy atom. The van der Waals surface area contributed by atoms with E-state index < -0.39 is 0 Å². The van der Waals surface area contributed by atoms with Crippen molar-refractivity contribution in [2.24, 2.45) is 0 Å². The summed E-state index contributed by atoms with van der Waals surface area (Å²) in [4.78, 5) is 27.1. The van der Waals surface area contributed by atoms with E-state index in [0.717, 1.165) is 0 Å². The molecule has 0 bridgehead atoms. The molecule has 5 nitrogen and oxygen atoms in total. The van der Waals surface area contributed by atoms with Crippen LogP contribution in [-0.2, 0) is 4.79 Å². The van der Waals surface area contributed by atoms with Crippen molar-refractivity contribution in [3.63, 3.8) is 0 Å². The monoisotopic (exact) mass is 275 g/mol. The van der Waals surface area contributed by atoms with Gasteiger partial charge in [-0.15, -0.1) is 0 Å². The SMILES string of the molecule is O=C(CCNC(=O)c1ccsc1)Nc1cccnc1. The number of carbonyl (C=O) groups is 2. The van der Waals surface area contributed by atoms with Gasteiger partial charge in [-0.05, 0) is 23.6 Å². The van der Waals surface area contributed by atoms with Crippen LogP contribution >= 0.6 is 11.3 Å². The van der Waals surface area contributed by atoms with E-state index in [1.165, 1.54) is 11.3 Å². The minimum atomic E-state index is -0.157. The van der Waals surface area contributed by atoms with E-state index in [1.54, 1.807) is 36.0 Å². The maximum atomic E-state index is 11.6. The lowest BCUT2D eigenvalue weighted by Crippen LogP contribution is -2.27. The van der Waals surface area contributed by atoms with Crippen LogP contribution in [0.2, 0.25) is 0 Å². The molecule has 2 amide bonds. The number of hydrogen-bond acceptors (Lipinski definition) is 4. The van der Waals surface area contributed by atoms with E-state index in [0.29, 0.717) is 17.8 Å². The normalized spacial score (nSPS) is 9.89. The van der Waals surface area contributed by atoms with Crippen molar-refractivity contribution in [3.8, 4) is 0 Å². The van der Waals surface area contributed by atoms with Crippen molar-refractivity contribution in [1.82, 2.24) is 10.3 Å². The van der Waals surface area contributed by atoms with Gasteiger partial charge in [-0.2, -0.15) is 11.3 Å². The zero-order valence-electron chi connectivity index (χ0n) is 10.1. The third-order valence-electron chi connectivity index (χ3n) is 2.37. The summed E-state index contributed by atoms with van der Waals surface area (Å²) in [6.07, 6.45) is 3.43. The summed E-state index contributed by atoms with van der Waals surface area (Å²) < 4.78 is 0. The molecule has 6 heteroatoms. The van der Waals surface area contributed by atoms with E-state index >= 15 is 0 Å². The van der Waals surface area contributed by atoms with E-state index in [4.69, 9.17) is 0 Å². The van der Waals surface area contributed by atoms with Gasteiger partial charge in [0, 0.05) is 30.1 Å². The highest BCUT2D eigenvalue weighted by atomic mass is 32.1. The fourth-order valence-electron chi connectivity index (χ4n) is 1.45. The second-order valence-electron chi connectivity index (χ2n) is 3.81. The molecule has 2 rings (SSSR count). The Morgan fingerprint density at radius 3 is 2.89 bits per heavy atom. The van der Waals surface area contributed by atoms with Crippen molar-refractivity contribution in [3.05, 3.63) is 46.9 Å². The number of anilines is 1. The number of hydrogen-bond donors (Lipinski definition) is 2. The third kappa shape index (κ3) is 4.18. The van der Waals surface area contributed by atoms with Gasteiger partial charge in [0.2, 0.25) is 5.91 Å². The molecule has 2 aromatic rings. The highest BCUT2D eigenvalue weighted by molar-refractivity contribution is 7.08. The van der Waals surface area contributed by atoms with E-state index in [-0.39, 0.29) is 18.2 Å². The Kier molecular flexibility index (Phi) is 4.63. The van der Waals surface area contributed by atoms with Crippen LogP contribution in [0.15, 0.2) is 41.4 Å². The number of pyridine rings is 1. The van der Waals surface area contributed by atoms with E-state index in [9.17, 15) is 9.59 Å². The van der Waals surface area contributed by atoms with Gasteiger partial charge in [-0.25, -0.2) is 0 Å². The number of aromatic nitrogens is 1. The van der Waals surface area contributed by atoms with E-state index in [1.807, 2.05) is 5.38 Å². The summed E-state index contributed by atoms with van der Waals surface area (Å²) in [7, 11) is 0. The lowest BCUT2D eigenvalue weighted by Gasteiger charge is -2.05. The number of nitrogens with one attached hydrogen (secondary N) is 2. The first-order valence-corrected chi connectivity index (χ1v) is 6.70. The van der Waals surface area contributed by atoms with Crippen LogP contribution in [0.5, 0.6) is 0 Å². The number of carbonyl (C=O) groups excluding carboxylic acids is 2. The second-order valence-corrected chi connectivity index (χ2v) is 4.59. The highest BCUT2D eigenvalue weighted by Gasteiger charge is 2.06. The molecular formula is C13H13N3O2S.